The number of rotatable bonds is 3. The van der Waals surface area contributed by atoms with E-state index in [1.54, 1.807) is 13.0 Å². The number of aliphatic hydroxyl groups is 1. The molecule has 1 atom stereocenters. The lowest BCUT2D eigenvalue weighted by Gasteiger charge is -2.17. The second-order valence-electron chi connectivity index (χ2n) is 4.12. The molecule has 1 aliphatic heterocycles. The van der Waals surface area contributed by atoms with Gasteiger partial charge in [-0.3, -0.25) is 4.79 Å². The number of benzene rings is 1. The van der Waals surface area contributed by atoms with Crippen LogP contribution in [0.25, 0.3) is 0 Å². The van der Waals surface area contributed by atoms with E-state index in [1.165, 1.54) is 17.1 Å². The van der Waals surface area contributed by atoms with Crippen LogP contribution in [0.5, 0.6) is 0 Å². The number of hydrogen-bond acceptors (Lipinski definition) is 3. The predicted octanol–water partition coefficient (Wildman–Crippen LogP) is 1.80. The fraction of sp³-hybridized carbons (Fsp3) is 0.333. The summed E-state index contributed by atoms with van der Waals surface area (Å²) in [5.41, 5.74) is 0.620. The van der Waals surface area contributed by atoms with Gasteiger partial charge in [0.25, 0.3) is 0 Å². The van der Waals surface area contributed by atoms with Crippen molar-refractivity contribution in [3.8, 4) is 0 Å². The standard InChI is InChI=1S/C12H12ClFN2O2/c1-7(6-17)16-12(18)5-11(15-16)9-3-2-8(13)4-10(9)14/h2-4,7,17H,5-6H2,1H3. The van der Waals surface area contributed by atoms with Crippen LogP contribution in [0, 0.1) is 5.82 Å². The summed E-state index contributed by atoms with van der Waals surface area (Å²) in [6.45, 7) is 1.48. The Morgan fingerprint density at radius 3 is 2.94 bits per heavy atom. The highest BCUT2D eigenvalue weighted by Crippen LogP contribution is 2.21. The Bertz CT molecular complexity index is 519. The molecule has 0 fully saturated rings. The van der Waals surface area contributed by atoms with Crippen molar-refractivity contribution in [3.63, 3.8) is 0 Å². The molecule has 0 spiro atoms. The minimum atomic E-state index is -0.507. The van der Waals surface area contributed by atoms with Gasteiger partial charge in [-0.15, -0.1) is 0 Å². The van der Waals surface area contributed by atoms with Crippen molar-refractivity contribution in [2.75, 3.05) is 6.61 Å². The highest BCUT2D eigenvalue weighted by atomic mass is 35.5. The van der Waals surface area contributed by atoms with Crippen LogP contribution < -0.4 is 0 Å². The summed E-state index contributed by atoms with van der Waals surface area (Å²) in [4.78, 5) is 11.7. The van der Waals surface area contributed by atoms with Gasteiger partial charge < -0.3 is 5.11 Å². The molecular formula is C12H12ClFN2O2. The zero-order valence-corrected chi connectivity index (χ0v) is 10.5. The van der Waals surface area contributed by atoms with Crippen LogP contribution in [0.3, 0.4) is 0 Å². The van der Waals surface area contributed by atoms with Crippen molar-refractivity contribution in [3.05, 3.63) is 34.6 Å². The van der Waals surface area contributed by atoms with E-state index in [0.717, 1.165) is 0 Å². The Balaban J connectivity index is 2.32. The molecule has 2 rings (SSSR count). The van der Waals surface area contributed by atoms with E-state index in [9.17, 15) is 9.18 Å². The van der Waals surface area contributed by atoms with Crippen LogP contribution in [-0.2, 0) is 4.79 Å². The Hall–Kier alpha value is -1.46. The van der Waals surface area contributed by atoms with E-state index in [2.05, 4.69) is 5.10 Å². The maximum atomic E-state index is 13.7. The quantitative estimate of drug-likeness (QED) is 0.910. The Labute approximate surface area is 109 Å². The summed E-state index contributed by atoms with van der Waals surface area (Å²) < 4.78 is 13.7. The minimum absolute atomic E-state index is 0.0306. The van der Waals surface area contributed by atoms with Gasteiger partial charge in [-0.2, -0.15) is 5.10 Å². The molecule has 1 aromatic rings. The normalized spacial score (nSPS) is 17.0. The number of halogens is 2. The van der Waals surface area contributed by atoms with E-state index >= 15 is 0 Å². The second-order valence-corrected chi connectivity index (χ2v) is 4.55. The number of aliphatic hydroxyl groups excluding tert-OH is 1. The number of hydrazone groups is 1. The van der Waals surface area contributed by atoms with Crippen molar-refractivity contribution in [1.82, 2.24) is 5.01 Å². The van der Waals surface area contributed by atoms with Crippen molar-refractivity contribution in [1.29, 1.82) is 0 Å². The topological polar surface area (TPSA) is 52.9 Å². The van der Waals surface area contributed by atoms with E-state index in [0.29, 0.717) is 10.7 Å². The summed E-state index contributed by atoms with van der Waals surface area (Å²) >= 11 is 5.66. The van der Waals surface area contributed by atoms with Gasteiger partial charge in [0, 0.05) is 10.6 Å². The van der Waals surface area contributed by atoms with Crippen LogP contribution in [0.4, 0.5) is 4.39 Å². The van der Waals surface area contributed by atoms with Crippen molar-refractivity contribution in [2.45, 2.75) is 19.4 Å². The van der Waals surface area contributed by atoms with E-state index in [-0.39, 0.29) is 24.5 Å². The first-order valence-corrected chi connectivity index (χ1v) is 5.86. The molecule has 4 nitrogen and oxygen atoms in total. The summed E-state index contributed by atoms with van der Waals surface area (Å²) in [6.07, 6.45) is 0.0306. The molecule has 1 aliphatic rings. The minimum Gasteiger partial charge on any atom is -0.394 e. The predicted molar refractivity (Wildman–Crippen MR) is 66.0 cm³/mol. The molecule has 1 amide bonds. The first-order chi connectivity index (χ1) is 8.52. The lowest BCUT2D eigenvalue weighted by Crippen LogP contribution is -2.33. The number of hydrogen-bond donors (Lipinski definition) is 1. The van der Waals surface area contributed by atoms with Crippen LogP contribution in [0.1, 0.15) is 18.9 Å². The van der Waals surface area contributed by atoms with Gasteiger partial charge in [0.2, 0.25) is 5.91 Å². The molecule has 1 heterocycles. The molecule has 96 valence electrons. The van der Waals surface area contributed by atoms with Crippen LogP contribution >= 0.6 is 11.6 Å². The van der Waals surface area contributed by atoms with Gasteiger partial charge in [0.15, 0.2) is 0 Å². The zero-order valence-electron chi connectivity index (χ0n) is 9.73. The summed E-state index contributed by atoms with van der Waals surface area (Å²) in [5, 5.41) is 14.5. The number of carbonyl (C=O) groups is 1. The van der Waals surface area contributed by atoms with Gasteiger partial charge in [0.05, 0.1) is 24.8 Å². The number of amides is 1. The van der Waals surface area contributed by atoms with Crippen molar-refractivity contribution in [2.24, 2.45) is 5.10 Å². The summed E-state index contributed by atoms with van der Waals surface area (Å²) in [7, 11) is 0. The molecule has 0 bridgehead atoms. The summed E-state index contributed by atoms with van der Waals surface area (Å²) in [6, 6.07) is 3.81. The molecule has 0 saturated heterocycles. The smallest absolute Gasteiger partial charge is 0.249 e. The van der Waals surface area contributed by atoms with Crippen molar-refractivity contribution < 1.29 is 14.3 Å². The summed E-state index contributed by atoms with van der Waals surface area (Å²) in [5.74, 6) is -0.756. The highest BCUT2D eigenvalue weighted by molar-refractivity contribution is 6.30. The maximum Gasteiger partial charge on any atom is 0.249 e. The van der Waals surface area contributed by atoms with Crippen LogP contribution in [0.15, 0.2) is 23.3 Å². The molecular weight excluding hydrogens is 259 g/mol. The van der Waals surface area contributed by atoms with Gasteiger partial charge >= 0.3 is 0 Å². The molecule has 0 saturated carbocycles. The maximum absolute atomic E-state index is 13.7. The average Bonchev–Trinajstić information content (AvgIpc) is 2.70. The van der Waals surface area contributed by atoms with E-state index in [1.807, 2.05) is 0 Å². The molecule has 1 N–H and O–H groups in total. The third-order valence-corrected chi connectivity index (χ3v) is 2.96. The molecule has 6 heteroatoms. The Morgan fingerprint density at radius 2 is 2.33 bits per heavy atom. The molecule has 1 unspecified atom stereocenters. The van der Waals surface area contributed by atoms with Gasteiger partial charge in [-0.05, 0) is 25.1 Å². The molecule has 1 aromatic carbocycles. The van der Waals surface area contributed by atoms with E-state index < -0.39 is 11.9 Å². The van der Waals surface area contributed by atoms with Gasteiger partial charge in [-0.25, -0.2) is 9.40 Å². The average molecular weight is 271 g/mol. The Morgan fingerprint density at radius 1 is 1.61 bits per heavy atom. The molecule has 18 heavy (non-hydrogen) atoms. The highest BCUT2D eigenvalue weighted by Gasteiger charge is 2.29. The van der Waals surface area contributed by atoms with Crippen molar-refractivity contribution >= 4 is 23.2 Å². The fourth-order valence-electron chi connectivity index (χ4n) is 1.74. The second kappa shape index (κ2) is 5.04. The monoisotopic (exact) mass is 270 g/mol. The SMILES string of the molecule is CC(CO)N1N=C(c2ccc(Cl)cc2F)CC1=O. The van der Waals surface area contributed by atoms with E-state index in [4.69, 9.17) is 16.7 Å². The van der Waals surface area contributed by atoms with Gasteiger partial charge in [-0.1, -0.05) is 11.6 Å². The van der Waals surface area contributed by atoms with Crippen LogP contribution in [0.2, 0.25) is 5.02 Å². The molecule has 0 radical (unpaired) electrons. The third kappa shape index (κ3) is 2.37. The first kappa shape index (κ1) is 13.0. The lowest BCUT2D eigenvalue weighted by atomic mass is 10.1. The van der Waals surface area contributed by atoms with Crippen LogP contribution in [-0.4, -0.2) is 34.4 Å². The molecule has 0 aliphatic carbocycles. The number of carbonyl (C=O) groups excluding carboxylic acids is 1. The first-order valence-electron chi connectivity index (χ1n) is 5.48. The fourth-order valence-corrected chi connectivity index (χ4v) is 1.90. The largest absolute Gasteiger partial charge is 0.394 e. The molecule has 0 aromatic heterocycles. The Kier molecular flexibility index (Phi) is 3.63. The van der Waals surface area contributed by atoms with Gasteiger partial charge in [0.1, 0.15) is 5.82 Å². The zero-order chi connectivity index (χ0) is 13.3. The third-order valence-electron chi connectivity index (χ3n) is 2.73. The number of nitrogens with zero attached hydrogens (tertiary/aromatic N) is 2. The lowest BCUT2D eigenvalue weighted by molar-refractivity contribution is -0.131.